The zero-order chi connectivity index (χ0) is 20.3. The van der Waals surface area contributed by atoms with Gasteiger partial charge in [0.25, 0.3) is 5.91 Å². The minimum Gasteiger partial charge on any atom is -0.378 e. The number of anilines is 1. The summed E-state index contributed by atoms with van der Waals surface area (Å²) in [5.74, 6) is 0.0743. The molecule has 1 aromatic carbocycles. The number of nitrogens with zero attached hydrogens (tertiary/aromatic N) is 3. The summed E-state index contributed by atoms with van der Waals surface area (Å²) in [6.45, 7) is 2.45. The second kappa shape index (κ2) is 8.80. The first-order valence-electron chi connectivity index (χ1n) is 9.91. The third-order valence-corrected chi connectivity index (χ3v) is 6.92. The summed E-state index contributed by atoms with van der Waals surface area (Å²) < 4.78 is 30.9. The van der Waals surface area contributed by atoms with Crippen LogP contribution in [0.1, 0.15) is 36.0 Å². The summed E-state index contributed by atoms with van der Waals surface area (Å²) >= 11 is 0. The van der Waals surface area contributed by atoms with Crippen molar-refractivity contribution >= 4 is 21.6 Å². The predicted molar refractivity (Wildman–Crippen MR) is 110 cm³/mol. The van der Waals surface area contributed by atoms with Gasteiger partial charge in [-0.15, -0.1) is 0 Å². The van der Waals surface area contributed by atoms with Crippen LogP contribution in [-0.2, 0) is 14.8 Å². The number of piperidine rings is 2. The maximum Gasteiger partial charge on any atom is 0.253 e. The SMILES string of the molecule is CN(C)c1ccc(C(=O)N2CCC(OC3CCN(S(C)(=O)=O)CC3)CC2)cc1. The molecule has 2 saturated heterocycles. The molecule has 0 spiro atoms. The third-order valence-electron chi connectivity index (χ3n) is 5.61. The Bertz CT molecular complexity index is 763. The van der Waals surface area contributed by atoms with E-state index >= 15 is 0 Å². The Balaban J connectivity index is 1.45. The van der Waals surface area contributed by atoms with Crippen LogP contribution in [0, 0.1) is 0 Å². The van der Waals surface area contributed by atoms with Crippen molar-refractivity contribution in [1.82, 2.24) is 9.21 Å². The average Bonchev–Trinajstić information content (AvgIpc) is 2.68. The maximum atomic E-state index is 12.7. The Morgan fingerprint density at radius 2 is 1.46 bits per heavy atom. The molecule has 1 amide bonds. The number of carbonyl (C=O) groups is 1. The number of carbonyl (C=O) groups excluding carboxylic acids is 1. The van der Waals surface area contributed by atoms with E-state index in [1.54, 1.807) is 0 Å². The van der Waals surface area contributed by atoms with E-state index in [9.17, 15) is 13.2 Å². The maximum absolute atomic E-state index is 12.7. The van der Waals surface area contributed by atoms with Gasteiger partial charge in [0.1, 0.15) is 0 Å². The molecule has 0 N–H and O–H groups in total. The molecule has 0 atom stereocenters. The van der Waals surface area contributed by atoms with Gasteiger partial charge in [0.05, 0.1) is 18.5 Å². The Morgan fingerprint density at radius 3 is 1.93 bits per heavy atom. The van der Waals surface area contributed by atoms with Gasteiger partial charge in [-0.1, -0.05) is 0 Å². The van der Waals surface area contributed by atoms with Gasteiger partial charge in [-0.2, -0.15) is 0 Å². The zero-order valence-electron chi connectivity index (χ0n) is 17.0. The van der Waals surface area contributed by atoms with Crippen LogP contribution in [0.25, 0.3) is 0 Å². The smallest absolute Gasteiger partial charge is 0.253 e. The summed E-state index contributed by atoms with van der Waals surface area (Å²) in [5, 5.41) is 0. The molecule has 0 saturated carbocycles. The molecule has 28 heavy (non-hydrogen) atoms. The van der Waals surface area contributed by atoms with Crippen LogP contribution in [0.4, 0.5) is 5.69 Å². The number of ether oxygens (including phenoxy) is 1. The number of benzene rings is 1. The van der Waals surface area contributed by atoms with Crippen LogP contribution in [0.5, 0.6) is 0 Å². The molecule has 0 aliphatic carbocycles. The average molecular weight is 410 g/mol. The Hall–Kier alpha value is -1.64. The molecule has 0 aromatic heterocycles. The summed E-state index contributed by atoms with van der Waals surface area (Å²) in [7, 11) is 0.855. The Morgan fingerprint density at radius 1 is 0.964 bits per heavy atom. The monoisotopic (exact) mass is 409 g/mol. The fourth-order valence-electron chi connectivity index (χ4n) is 3.85. The number of sulfonamides is 1. The van der Waals surface area contributed by atoms with E-state index in [-0.39, 0.29) is 18.1 Å². The van der Waals surface area contributed by atoms with Gasteiger partial charge in [-0.25, -0.2) is 12.7 Å². The van der Waals surface area contributed by atoms with Crippen molar-refractivity contribution in [1.29, 1.82) is 0 Å². The number of likely N-dealkylation sites (tertiary alicyclic amines) is 1. The van der Waals surface area contributed by atoms with Crippen molar-refractivity contribution in [2.45, 2.75) is 37.9 Å². The van der Waals surface area contributed by atoms with Gasteiger partial charge in [0.15, 0.2) is 0 Å². The highest BCUT2D eigenvalue weighted by atomic mass is 32.2. The molecule has 0 radical (unpaired) electrons. The van der Waals surface area contributed by atoms with Crippen molar-refractivity contribution in [3.63, 3.8) is 0 Å². The van der Waals surface area contributed by atoms with E-state index < -0.39 is 10.0 Å². The summed E-state index contributed by atoms with van der Waals surface area (Å²) in [6.07, 6.45) is 4.66. The van der Waals surface area contributed by atoms with Crippen LogP contribution in [0.2, 0.25) is 0 Å². The minimum atomic E-state index is -3.10. The zero-order valence-corrected chi connectivity index (χ0v) is 17.8. The van der Waals surface area contributed by atoms with Crippen molar-refractivity contribution in [2.75, 3.05) is 51.4 Å². The number of hydrogen-bond acceptors (Lipinski definition) is 5. The predicted octanol–water partition coefficient (Wildman–Crippen LogP) is 1.80. The van der Waals surface area contributed by atoms with Gasteiger partial charge in [0.2, 0.25) is 10.0 Å². The second-order valence-electron chi connectivity index (χ2n) is 7.93. The van der Waals surface area contributed by atoms with Crippen molar-refractivity contribution in [3.05, 3.63) is 29.8 Å². The molecule has 2 aliphatic heterocycles. The van der Waals surface area contributed by atoms with Crippen molar-refractivity contribution < 1.29 is 17.9 Å². The van der Waals surface area contributed by atoms with Crippen molar-refractivity contribution in [3.8, 4) is 0 Å². The van der Waals surface area contributed by atoms with E-state index in [2.05, 4.69) is 0 Å². The lowest BCUT2D eigenvalue weighted by Gasteiger charge is -2.36. The number of hydrogen-bond donors (Lipinski definition) is 0. The molecule has 2 heterocycles. The summed E-state index contributed by atoms with van der Waals surface area (Å²) in [6, 6.07) is 7.70. The molecule has 0 bridgehead atoms. The summed E-state index contributed by atoms with van der Waals surface area (Å²) in [4.78, 5) is 16.6. The fraction of sp³-hybridized carbons (Fsp3) is 0.650. The Kier molecular flexibility index (Phi) is 6.62. The van der Waals surface area contributed by atoms with E-state index in [0.29, 0.717) is 26.2 Å². The number of rotatable bonds is 5. The molecule has 8 heteroatoms. The highest BCUT2D eigenvalue weighted by Crippen LogP contribution is 2.23. The topological polar surface area (TPSA) is 70.2 Å². The van der Waals surface area contributed by atoms with Crippen LogP contribution >= 0.6 is 0 Å². The molecule has 1 aromatic rings. The number of amides is 1. The molecule has 2 aliphatic rings. The lowest BCUT2D eigenvalue weighted by Crippen LogP contribution is -2.44. The lowest BCUT2D eigenvalue weighted by atomic mass is 10.0. The van der Waals surface area contributed by atoms with Gasteiger partial charge in [0, 0.05) is 51.5 Å². The first-order chi connectivity index (χ1) is 13.2. The quantitative estimate of drug-likeness (QED) is 0.742. The lowest BCUT2D eigenvalue weighted by molar-refractivity contribution is -0.0557. The van der Waals surface area contributed by atoms with Crippen LogP contribution in [0.3, 0.4) is 0 Å². The molecular weight excluding hydrogens is 378 g/mol. The molecular formula is C20H31N3O4S. The van der Waals surface area contributed by atoms with Crippen LogP contribution in [0.15, 0.2) is 24.3 Å². The van der Waals surface area contributed by atoms with Gasteiger partial charge < -0.3 is 14.5 Å². The third kappa shape index (κ3) is 5.24. The van der Waals surface area contributed by atoms with E-state index in [4.69, 9.17) is 4.74 Å². The van der Waals surface area contributed by atoms with Gasteiger partial charge >= 0.3 is 0 Å². The largest absolute Gasteiger partial charge is 0.378 e. The van der Waals surface area contributed by atoms with E-state index in [0.717, 1.165) is 36.9 Å². The molecule has 156 valence electrons. The standard InChI is InChI=1S/C20H31N3O4S/c1-21(2)17-6-4-16(5-7-17)20(24)22-12-8-18(9-13-22)27-19-10-14-23(15-11-19)28(3,25)26/h4-7,18-19H,8-15H2,1-3H3. The highest BCUT2D eigenvalue weighted by Gasteiger charge is 2.29. The van der Waals surface area contributed by atoms with E-state index in [1.165, 1.54) is 10.6 Å². The normalized spacial score (nSPS) is 20.3. The molecule has 3 rings (SSSR count). The fourth-order valence-corrected chi connectivity index (χ4v) is 4.73. The Labute approximate surface area is 168 Å². The molecule has 0 unspecified atom stereocenters. The first kappa shape index (κ1) is 21.1. The minimum absolute atomic E-state index is 0.0743. The van der Waals surface area contributed by atoms with Crippen molar-refractivity contribution in [2.24, 2.45) is 0 Å². The van der Waals surface area contributed by atoms with Crippen LogP contribution < -0.4 is 4.90 Å². The highest BCUT2D eigenvalue weighted by molar-refractivity contribution is 7.88. The first-order valence-corrected chi connectivity index (χ1v) is 11.8. The molecule has 7 nitrogen and oxygen atoms in total. The summed E-state index contributed by atoms with van der Waals surface area (Å²) in [5.41, 5.74) is 1.80. The molecule has 2 fully saturated rings. The van der Waals surface area contributed by atoms with Gasteiger partial charge in [-0.3, -0.25) is 4.79 Å². The van der Waals surface area contributed by atoms with Crippen LogP contribution in [-0.4, -0.2) is 82.3 Å². The second-order valence-corrected chi connectivity index (χ2v) is 9.91. The van der Waals surface area contributed by atoms with E-state index in [1.807, 2.05) is 48.2 Å². The van der Waals surface area contributed by atoms with Gasteiger partial charge in [-0.05, 0) is 49.9 Å².